The zero-order valence-corrected chi connectivity index (χ0v) is 11.3. The molecular weight excluding hydrogens is 226 g/mol. The lowest BCUT2D eigenvalue weighted by atomic mass is 9.78. The van der Waals surface area contributed by atoms with E-state index in [1.807, 2.05) is 0 Å². The summed E-state index contributed by atoms with van der Waals surface area (Å²) in [5.74, 6) is 2.38. The van der Waals surface area contributed by atoms with Crippen LogP contribution in [0.25, 0.3) is 0 Å². The Morgan fingerprint density at radius 2 is 2.00 bits per heavy atom. The van der Waals surface area contributed by atoms with Crippen LogP contribution in [0.5, 0.6) is 0 Å². The van der Waals surface area contributed by atoms with Crippen molar-refractivity contribution in [1.82, 2.24) is 4.90 Å². The average Bonchev–Trinajstić information content (AvgIpc) is 3.01. The van der Waals surface area contributed by atoms with Crippen LogP contribution in [0.2, 0.25) is 0 Å². The van der Waals surface area contributed by atoms with Crippen molar-refractivity contribution in [1.29, 1.82) is 0 Å². The Morgan fingerprint density at radius 3 is 2.50 bits per heavy atom. The summed E-state index contributed by atoms with van der Waals surface area (Å²) in [5, 5.41) is 12.1. The molecule has 0 radical (unpaired) electrons. The molecule has 1 saturated heterocycles. The van der Waals surface area contributed by atoms with Gasteiger partial charge in [-0.3, -0.25) is 0 Å². The molecule has 3 N–H and O–H groups in total. The fraction of sp³-hybridized carbons (Fsp3) is 0.929. The molecule has 4 nitrogen and oxygen atoms in total. The van der Waals surface area contributed by atoms with Gasteiger partial charge in [-0.25, -0.2) is 0 Å². The lowest BCUT2D eigenvalue weighted by Crippen LogP contribution is -2.50. The Bertz CT molecular complexity index is 347. The summed E-state index contributed by atoms with van der Waals surface area (Å²) in [5.41, 5.74) is 5.73. The van der Waals surface area contributed by atoms with Crippen LogP contribution in [-0.2, 0) is 0 Å². The highest BCUT2D eigenvalue weighted by Gasteiger charge is 2.44. The van der Waals surface area contributed by atoms with Crippen LogP contribution in [0.3, 0.4) is 0 Å². The highest BCUT2D eigenvalue weighted by Crippen LogP contribution is 2.47. The first-order valence-electron chi connectivity index (χ1n) is 7.34. The van der Waals surface area contributed by atoms with Crippen LogP contribution in [-0.4, -0.2) is 35.1 Å². The first kappa shape index (κ1) is 12.3. The van der Waals surface area contributed by atoms with Gasteiger partial charge < -0.3 is 15.8 Å². The zero-order valence-electron chi connectivity index (χ0n) is 11.3. The van der Waals surface area contributed by atoms with Gasteiger partial charge in [0.1, 0.15) is 5.84 Å². The normalized spacial score (nSPS) is 40.3. The van der Waals surface area contributed by atoms with Crippen molar-refractivity contribution in [2.24, 2.45) is 28.1 Å². The van der Waals surface area contributed by atoms with Gasteiger partial charge in [0, 0.05) is 11.5 Å². The highest BCUT2D eigenvalue weighted by atomic mass is 16.4. The number of fused-ring (bicyclic) bond motifs is 2. The predicted molar refractivity (Wildman–Crippen MR) is 71.6 cm³/mol. The second-order valence-corrected chi connectivity index (χ2v) is 6.82. The van der Waals surface area contributed by atoms with Crippen LogP contribution in [0.1, 0.15) is 45.4 Å². The number of oxime groups is 1. The SMILES string of the molecule is CC1(C(N)=NO)CCN(C2CC3CCC2C3)CC1. The monoisotopic (exact) mass is 251 g/mol. The molecule has 1 aliphatic heterocycles. The van der Waals surface area contributed by atoms with Gasteiger partial charge in [-0.2, -0.15) is 0 Å². The summed E-state index contributed by atoms with van der Waals surface area (Å²) in [7, 11) is 0. The van der Waals surface area contributed by atoms with E-state index in [4.69, 9.17) is 10.9 Å². The minimum atomic E-state index is -0.0944. The van der Waals surface area contributed by atoms with Crippen molar-refractivity contribution < 1.29 is 5.21 Å². The third-order valence-corrected chi connectivity index (χ3v) is 5.80. The van der Waals surface area contributed by atoms with Crippen LogP contribution in [0, 0.1) is 17.3 Å². The molecule has 3 rings (SSSR count). The quantitative estimate of drug-likeness (QED) is 0.341. The van der Waals surface area contributed by atoms with Gasteiger partial charge in [0.05, 0.1) is 0 Å². The van der Waals surface area contributed by atoms with Gasteiger partial charge in [-0.1, -0.05) is 18.5 Å². The Labute approximate surface area is 109 Å². The van der Waals surface area contributed by atoms with Crippen LogP contribution >= 0.6 is 0 Å². The molecular formula is C14H25N3O. The fourth-order valence-electron chi connectivity index (χ4n) is 4.38. The Kier molecular flexibility index (Phi) is 3.00. The molecule has 3 atom stereocenters. The minimum absolute atomic E-state index is 0.0944. The first-order chi connectivity index (χ1) is 8.62. The molecule has 4 heteroatoms. The topological polar surface area (TPSA) is 61.9 Å². The lowest BCUT2D eigenvalue weighted by Gasteiger charge is -2.43. The smallest absolute Gasteiger partial charge is 0.145 e. The number of likely N-dealkylation sites (tertiary alicyclic amines) is 1. The predicted octanol–water partition coefficient (Wildman–Crippen LogP) is 2.02. The molecule has 3 unspecified atom stereocenters. The number of hydrogen-bond acceptors (Lipinski definition) is 3. The van der Waals surface area contributed by atoms with E-state index < -0.39 is 0 Å². The number of nitrogens with two attached hydrogens (primary N) is 1. The average molecular weight is 251 g/mol. The van der Waals surface area contributed by atoms with Crippen molar-refractivity contribution in [3.8, 4) is 0 Å². The number of rotatable bonds is 2. The maximum atomic E-state index is 8.86. The molecule has 2 aliphatic carbocycles. The summed E-state index contributed by atoms with van der Waals surface area (Å²) in [4.78, 5) is 2.68. The van der Waals surface area contributed by atoms with Crippen molar-refractivity contribution in [3.05, 3.63) is 0 Å². The van der Waals surface area contributed by atoms with Gasteiger partial charge in [-0.15, -0.1) is 0 Å². The van der Waals surface area contributed by atoms with Crippen molar-refractivity contribution in [2.75, 3.05) is 13.1 Å². The summed E-state index contributed by atoms with van der Waals surface area (Å²) in [6.45, 7) is 4.35. The van der Waals surface area contributed by atoms with Gasteiger partial charge >= 0.3 is 0 Å². The highest BCUT2D eigenvalue weighted by molar-refractivity contribution is 5.85. The van der Waals surface area contributed by atoms with Crippen molar-refractivity contribution in [2.45, 2.75) is 51.5 Å². The summed E-state index contributed by atoms with van der Waals surface area (Å²) in [6, 6.07) is 0.834. The molecule has 3 fully saturated rings. The van der Waals surface area contributed by atoms with Crippen LogP contribution in [0.4, 0.5) is 0 Å². The van der Waals surface area contributed by atoms with E-state index >= 15 is 0 Å². The van der Waals surface area contributed by atoms with E-state index in [-0.39, 0.29) is 5.41 Å². The molecule has 2 bridgehead atoms. The summed E-state index contributed by atoms with van der Waals surface area (Å²) in [6.07, 6.45) is 7.86. The van der Waals surface area contributed by atoms with Crippen molar-refractivity contribution in [3.63, 3.8) is 0 Å². The largest absolute Gasteiger partial charge is 0.409 e. The van der Waals surface area contributed by atoms with Crippen LogP contribution in [0.15, 0.2) is 5.16 Å². The Hall–Kier alpha value is -0.770. The molecule has 0 spiro atoms. The van der Waals surface area contributed by atoms with Gasteiger partial charge in [0.15, 0.2) is 0 Å². The lowest BCUT2D eigenvalue weighted by molar-refractivity contribution is 0.0838. The number of hydrogen-bond donors (Lipinski definition) is 2. The Morgan fingerprint density at radius 1 is 1.28 bits per heavy atom. The van der Waals surface area contributed by atoms with Gasteiger partial charge in [-0.05, 0) is 57.0 Å². The standard InChI is InChI=1S/C14H25N3O/c1-14(13(15)16-18)4-6-17(7-5-14)12-9-10-2-3-11(12)8-10/h10-12,18H,2-9H2,1H3,(H2,15,16). The summed E-state index contributed by atoms with van der Waals surface area (Å²) < 4.78 is 0. The third-order valence-electron chi connectivity index (χ3n) is 5.80. The maximum Gasteiger partial charge on any atom is 0.145 e. The fourth-order valence-corrected chi connectivity index (χ4v) is 4.38. The molecule has 0 aromatic carbocycles. The first-order valence-corrected chi connectivity index (χ1v) is 7.34. The van der Waals surface area contributed by atoms with Crippen molar-refractivity contribution >= 4 is 5.84 Å². The molecule has 0 amide bonds. The van der Waals surface area contributed by atoms with E-state index in [1.54, 1.807) is 0 Å². The van der Waals surface area contributed by atoms with Crippen LogP contribution < -0.4 is 5.73 Å². The van der Waals surface area contributed by atoms with E-state index in [0.717, 1.165) is 43.8 Å². The van der Waals surface area contributed by atoms with E-state index in [9.17, 15) is 0 Å². The number of amidine groups is 1. The number of nitrogens with zero attached hydrogens (tertiary/aromatic N) is 2. The molecule has 2 saturated carbocycles. The van der Waals surface area contributed by atoms with E-state index in [1.165, 1.54) is 25.7 Å². The minimum Gasteiger partial charge on any atom is -0.409 e. The molecule has 3 aliphatic rings. The zero-order chi connectivity index (χ0) is 12.8. The van der Waals surface area contributed by atoms with E-state index in [2.05, 4.69) is 17.0 Å². The molecule has 1 heterocycles. The Balaban J connectivity index is 1.60. The molecule has 0 aromatic rings. The van der Waals surface area contributed by atoms with Gasteiger partial charge in [0.2, 0.25) is 0 Å². The summed E-state index contributed by atoms with van der Waals surface area (Å²) >= 11 is 0. The van der Waals surface area contributed by atoms with E-state index in [0.29, 0.717) is 5.84 Å². The molecule has 18 heavy (non-hydrogen) atoms. The molecule has 102 valence electrons. The second kappa shape index (κ2) is 4.41. The number of piperidine rings is 1. The maximum absolute atomic E-state index is 8.86. The third kappa shape index (κ3) is 1.91. The molecule has 0 aromatic heterocycles. The second-order valence-electron chi connectivity index (χ2n) is 6.82. The van der Waals surface area contributed by atoms with Gasteiger partial charge in [0.25, 0.3) is 0 Å².